The standard InChI is InChI=1S/C11H9N3/c1-9-8-10(4-5-11(9)12-2)14-7-3-6-13-14/h3-8H,1H3. The molecule has 0 spiro atoms. The average Bonchev–Trinajstić information content (AvgIpc) is 2.70. The van der Waals surface area contributed by atoms with Gasteiger partial charge in [0.2, 0.25) is 0 Å². The Bertz CT molecular complexity index is 478. The largest absolute Gasteiger partial charge is 0.241 e. The maximum atomic E-state index is 6.93. The maximum absolute atomic E-state index is 6.93. The highest BCUT2D eigenvalue weighted by Gasteiger charge is 2.00. The van der Waals surface area contributed by atoms with Gasteiger partial charge < -0.3 is 0 Å². The molecule has 0 aliphatic carbocycles. The summed E-state index contributed by atoms with van der Waals surface area (Å²) in [6.45, 7) is 8.86. The highest BCUT2D eigenvalue weighted by Crippen LogP contribution is 2.20. The van der Waals surface area contributed by atoms with E-state index in [1.165, 1.54) is 0 Å². The zero-order chi connectivity index (χ0) is 9.97. The fourth-order valence-electron chi connectivity index (χ4n) is 1.33. The van der Waals surface area contributed by atoms with Crippen molar-refractivity contribution in [3.05, 3.63) is 53.6 Å². The molecule has 2 aromatic rings. The van der Waals surface area contributed by atoms with E-state index in [-0.39, 0.29) is 0 Å². The molecular formula is C11H9N3. The molecule has 0 atom stereocenters. The maximum Gasteiger partial charge on any atom is 0.190 e. The molecule has 0 saturated carbocycles. The molecule has 3 nitrogen and oxygen atoms in total. The predicted octanol–water partition coefficient (Wildman–Crippen LogP) is 2.73. The summed E-state index contributed by atoms with van der Waals surface area (Å²) in [6, 6.07) is 7.55. The van der Waals surface area contributed by atoms with E-state index >= 15 is 0 Å². The molecule has 0 unspecified atom stereocenters. The van der Waals surface area contributed by atoms with Crippen LogP contribution in [0.4, 0.5) is 5.69 Å². The fourth-order valence-corrected chi connectivity index (χ4v) is 1.33. The topological polar surface area (TPSA) is 22.2 Å². The molecule has 0 radical (unpaired) electrons. The second-order valence-electron chi connectivity index (χ2n) is 3.03. The summed E-state index contributed by atoms with van der Waals surface area (Å²) < 4.78 is 1.78. The molecule has 0 aliphatic heterocycles. The van der Waals surface area contributed by atoms with Gasteiger partial charge in [-0.25, -0.2) is 9.53 Å². The number of aromatic nitrogens is 2. The van der Waals surface area contributed by atoms with E-state index in [1.54, 1.807) is 10.9 Å². The number of benzene rings is 1. The fraction of sp³-hybridized carbons (Fsp3) is 0.0909. The van der Waals surface area contributed by atoms with Gasteiger partial charge >= 0.3 is 0 Å². The van der Waals surface area contributed by atoms with E-state index in [9.17, 15) is 0 Å². The lowest BCUT2D eigenvalue weighted by atomic mass is 10.2. The van der Waals surface area contributed by atoms with Gasteiger partial charge in [0.05, 0.1) is 12.3 Å². The van der Waals surface area contributed by atoms with Crippen molar-refractivity contribution >= 4 is 5.69 Å². The second-order valence-corrected chi connectivity index (χ2v) is 3.03. The lowest BCUT2D eigenvalue weighted by molar-refractivity contribution is 0.879. The van der Waals surface area contributed by atoms with E-state index in [0.717, 1.165) is 11.3 Å². The Morgan fingerprint density at radius 1 is 1.43 bits per heavy atom. The SMILES string of the molecule is [C-]#[N+]c1ccc(-n2cccn2)cc1C. The van der Waals surface area contributed by atoms with E-state index in [1.807, 2.05) is 37.4 Å². The van der Waals surface area contributed by atoms with Crippen LogP contribution in [-0.4, -0.2) is 9.78 Å². The number of hydrogen-bond acceptors (Lipinski definition) is 1. The summed E-state index contributed by atoms with van der Waals surface area (Å²) >= 11 is 0. The van der Waals surface area contributed by atoms with Crippen LogP contribution in [-0.2, 0) is 0 Å². The first-order valence-electron chi connectivity index (χ1n) is 4.29. The summed E-state index contributed by atoms with van der Waals surface area (Å²) in [5, 5.41) is 4.12. The van der Waals surface area contributed by atoms with Crippen molar-refractivity contribution in [3.8, 4) is 5.69 Å². The number of aryl methyl sites for hydroxylation is 1. The molecule has 1 heterocycles. The Morgan fingerprint density at radius 3 is 2.86 bits per heavy atom. The van der Waals surface area contributed by atoms with Gasteiger partial charge in [0.15, 0.2) is 5.69 Å². The third kappa shape index (κ3) is 1.38. The highest BCUT2D eigenvalue weighted by atomic mass is 15.3. The summed E-state index contributed by atoms with van der Waals surface area (Å²) in [7, 11) is 0. The van der Waals surface area contributed by atoms with E-state index < -0.39 is 0 Å². The Balaban J connectivity index is 2.49. The Kier molecular flexibility index (Phi) is 2.04. The Labute approximate surface area is 82.4 Å². The zero-order valence-corrected chi connectivity index (χ0v) is 7.81. The van der Waals surface area contributed by atoms with Crippen molar-refractivity contribution in [3.63, 3.8) is 0 Å². The normalized spacial score (nSPS) is 9.71. The molecule has 0 fully saturated rings. The van der Waals surface area contributed by atoms with Gasteiger partial charge in [0, 0.05) is 12.4 Å². The molecule has 2 rings (SSSR count). The van der Waals surface area contributed by atoms with Crippen LogP contribution < -0.4 is 0 Å². The first-order chi connectivity index (χ1) is 6.81. The monoisotopic (exact) mass is 183 g/mol. The lowest BCUT2D eigenvalue weighted by Gasteiger charge is -2.03. The molecule has 0 bridgehead atoms. The first kappa shape index (κ1) is 8.52. The van der Waals surface area contributed by atoms with Crippen LogP contribution in [0.2, 0.25) is 0 Å². The van der Waals surface area contributed by atoms with Crippen molar-refractivity contribution in [2.24, 2.45) is 0 Å². The number of hydrogen-bond donors (Lipinski definition) is 0. The highest BCUT2D eigenvalue weighted by molar-refractivity contribution is 5.55. The molecule has 1 aromatic heterocycles. The molecular weight excluding hydrogens is 174 g/mol. The smallest absolute Gasteiger partial charge is 0.190 e. The number of rotatable bonds is 1. The molecule has 3 heteroatoms. The molecule has 1 aromatic carbocycles. The Hall–Kier alpha value is -2.08. The second kappa shape index (κ2) is 3.35. The lowest BCUT2D eigenvalue weighted by Crippen LogP contribution is -1.93. The van der Waals surface area contributed by atoms with Gasteiger partial charge in [0.1, 0.15) is 0 Å². The average molecular weight is 183 g/mol. The van der Waals surface area contributed by atoms with Crippen LogP contribution in [0.3, 0.4) is 0 Å². The predicted molar refractivity (Wildman–Crippen MR) is 54.6 cm³/mol. The van der Waals surface area contributed by atoms with E-state index in [0.29, 0.717) is 5.69 Å². The van der Waals surface area contributed by atoms with E-state index in [4.69, 9.17) is 6.57 Å². The number of nitrogens with zero attached hydrogens (tertiary/aromatic N) is 3. The third-order valence-electron chi connectivity index (χ3n) is 2.07. The van der Waals surface area contributed by atoms with Gasteiger partial charge in [-0.3, -0.25) is 0 Å². The molecule has 14 heavy (non-hydrogen) atoms. The minimum absolute atomic E-state index is 0.695. The van der Waals surface area contributed by atoms with Crippen LogP contribution in [0, 0.1) is 13.5 Å². The summed E-state index contributed by atoms with van der Waals surface area (Å²) in [6.07, 6.45) is 3.62. The molecule has 0 amide bonds. The molecule has 0 saturated heterocycles. The van der Waals surface area contributed by atoms with E-state index in [2.05, 4.69) is 9.94 Å². The minimum Gasteiger partial charge on any atom is -0.241 e. The van der Waals surface area contributed by atoms with Gasteiger partial charge in [-0.05, 0) is 30.7 Å². The minimum atomic E-state index is 0.695. The van der Waals surface area contributed by atoms with Crippen molar-refractivity contribution < 1.29 is 0 Å². The molecule has 0 aliphatic rings. The van der Waals surface area contributed by atoms with Crippen molar-refractivity contribution in [1.82, 2.24) is 9.78 Å². The zero-order valence-electron chi connectivity index (χ0n) is 7.81. The van der Waals surface area contributed by atoms with Gasteiger partial charge in [-0.15, -0.1) is 0 Å². The van der Waals surface area contributed by atoms with Gasteiger partial charge in [-0.1, -0.05) is 6.07 Å². The van der Waals surface area contributed by atoms with Crippen molar-refractivity contribution in [2.45, 2.75) is 6.92 Å². The van der Waals surface area contributed by atoms with Gasteiger partial charge in [0.25, 0.3) is 0 Å². The first-order valence-corrected chi connectivity index (χ1v) is 4.29. The van der Waals surface area contributed by atoms with Crippen LogP contribution in [0.15, 0.2) is 36.7 Å². The van der Waals surface area contributed by atoms with Crippen molar-refractivity contribution in [1.29, 1.82) is 0 Å². The Morgan fingerprint density at radius 2 is 2.29 bits per heavy atom. The van der Waals surface area contributed by atoms with Crippen molar-refractivity contribution in [2.75, 3.05) is 0 Å². The molecule has 0 N–H and O–H groups in total. The van der Waals surface area contributed by atoms with Crippen LogP contribution in [0.25, 0.3) is 10.5 Å². The van der Waals surface area contributed by atoms with Crippen LogP contribution >= 0.6 is 0 Å². The van der Waals surface area contributed by atoms with Crippen LogP contribution in [0.5, 0.6) is 0 Å². The third-order valence-corrected chi connectivity index (χ3v) is 2.07. The van der Waals surface area contributed by atoms with Gasteiger partial charge in [-0.2, -0.15) is 5.10 Å². The summed E-state index contributed by atoms with van der Waals surface area (Å²) in [5.74, 6) is 0. The molecule has 68 valence electrons. The van der Waals surface area contributed by atoms with Crippen LogP contribution in [0.1, 0.15) is 5.56 Å². The quantitative estimate of drug-likeness (QED) is 0.623. The summed E-state index contributed by atoms with van der Waals surface area (Å²) in [4.78, 5) is 3.41. The summed E-state index contributed by atoms with van der Waals surface area (Å²) in [5.41, 5.74) is 2.66.